The lowest BCUT2D eigenvalue weighted by Crippen LogP contribution is -2.27. The summed E-state index contributed by atoms with van der Waals surface area (Å²) in [5, 5.41) is 9.07. The van der Waals surface area contributed by atoms with Gasteiger partial charge in [-0.25, -0.2) is 0 Å². The first-order valence-corrected chi connectivity index (χ1v) is 6.97. The average Bonchev–Trinajstić information content (AvgIpc) is 2.46. The third-order valence-electron chi connectivity index (χ3n) is 4.04. The second-order valence-electron chi connectivity index (χ2n) is 5.31. The topological polar surface area (TPSA) is 54.4 Å². The monoisotopic (exact) mass is 260 g/mol. The van der Waals surface area contributed by atoms with Gasteiger partial charge in [-0.05, 0) is 31.2 Å². The number of hydrogen-bond donors (Lipinski definition) is 1. The van der Waals surface area contributed by atoms with E-state index < -0.39 is 5.97 Å². The van der Waals surface area contributed by atoms with Crippen molar-refractivity contribution < 1.29 is 14.7 Å². The number of carbonyl (C=O) groups excluding carboxylic acids is 1. The van der Waals surface area contributed by atoms with Gasteiger partial charge in [-0.3, -0.25) is 9.59 Å². The Balaban J connectivity index is 2.07. The molecule has 1 aliphatic rings. The van der Waals surface area contributed by atoms with Gasteiger partial charge >= 0.3 is 5.97 Å². The minimum absolute atomic E-state index is 0.105. The van der Waals surface area contributed by atoms with Crippen molar-refractivity contribution in [2.45, 2.75) is 39.0 Å². The lowest BCUT2D eigenvalue weighted by Gasteiger charge is -2.25. The normalized spacial score (nSPS) is 23.0. The summed E-state index contributed by atoms with van der Waals surface area (Å²) in [4.78, 5) is 23.4. The molecule has 0 amide bonds. The first-order chi connectivity index (χ1) is 9.11. The molecule has 1 N–H and O–H groups in total. The van der Waals surface area contributed by atoms with Crippen molar-refractivity contribution in [1.29, 1.82) is 0 Å². The predicted octanol–water partition coefficient (Wildman–Crippen LogP) is 3.32. The van der Waals surface area contributed by atoms with Gasteiger partial charge in [0.05, 0.1) is 5.92 Å². The third kappa shape index (κ3) is 3.22. The van der Waals surface area contributed by atoms with E-state index in [-0.39, 0.29) is 17.6 Å². The van der Waals surface area contributed by atoms with Crippen molar-refractivity contribution in [3.05, 3.63) is 35.4 Å². The zero-order valence-corrected chi connectivity index (χ0v) is 11.3. The highest BCUT2D eigenvalue weighted by atomic mass is 16.4. The molecule has 1 aliphatic carbocycles. The summed E-state index contributed by atoms with van der Waals surface area (Å²) in [5.41, 5.74) is 1.93. The zero-order valence-electron chi connectivity index (χ0n) is 11.3. The van der Waals surface area contributed by atoms with Crippen LogP contribution in [-0.4, -0.2) is 16.9 Å². The maximum atomic E-state index is 12.4. The van der Waals surface area contributed by atoms with Crippen LogP contribution in [0.3, 0.4) is 0 Å². The highest BCUT2D eigenvalue weighted by Gasteiger charge is 2.31. The summed E-state index contributed by atoms with van der Waals surface area (Å²) in [6.07, 6.45) is 3.80. The maximum Gasteiger partial charge on any atom is 0.306 e. The van der Waals surface area contributed by atoms with Crippen LogP contribution in [0.25, 0.3) is 0 Å². The Labute approximate surface area is 113 Å². The molecule has 0 heterocycles. The summed E-state index contributed by atoms with van der Waals surface area (Å²) in [7, 11) is 0. The van der Waals surface area contributed by atoms with E-state index in [0.29, 0.717) is 18.4 Å². The Morgan fingerprint density at radius 2 is 1.79 bits per heavy atom. The second-order valence-corrected chi connectivity index (χ2v) is 5.31. The molecule has 102 valence electrons. The lowest BCUT2D eigenvalue weighted by molar-refractivity contribution is -0.143. The number of carboxylic acid groups (broad SMARTS) is 1. The van der Waals surface area contributed by atoms with Crippen LogP contribution in [0.5, 0.6) is 0 Å². The van der Waals surface area contributed by atoms with Gasteiger partial charge in [0.2, 0.25) is 0 Å². The standard InChI is InChI=1S/C16H20O3/c1-2-11-6-8-12(9-7-11)15(17)13-4-3-5-14(10-13)16(18)19/h6-9,13-14H,2-5,10H2,1H3,(H,18,19). The van der Waals surface area contributed by atoms with Crippen molar-refractivity contribution in [2.75, 3.05) is 0 Å². The molecule has 3 heteroatoms. The van der Waals surface area contributed by atoms with Crippen molar-refractivity contribution in [3.63, 3.8) is 0 Å². The van der Waals surface area contributed by atoms with Crippen LogP contribution in [0, 0.1) is 11.8 Å². The van der Waals surface area contributed by atoms with E-state index in [1.54, 1.807) is 0 Å². The molecule has 2 atom stereocenters. The molecule has 19 heavy (non-hydrogen) atoms. The van der Waals surface area contributed by atoms with Gasteiger partial charge in [0.25, 0.3) is 0 Å². The molecule has 0 aliphatic heterocycles. The molecule has 0 aromatic heterocycles. The van der Waals surface area contributed by atoms with Gasteiger partial charge in [0.1, 0.15) is 0 Å². The fraction of sp³-hybridized carbons (Fsp3) is 0.500. The summed E-state index contributed by atoms with van der Waals surface area (Å²) in [6.45, 7) is 2.08. The molecule has 0 saturated heterocycles. The van der Waals surface area contributed by atoms with E-state index >= 15 is 0 Å². The molecule has 0 radical (unpaired) electrons. The van der Waals surface area contributed by atoms with Crippen molar-refractivity contribution in [1.82, 2.24) is 0 Å². The van der Waals surface area contributed by atoms with E-state index in [4.69, 9.17) is 5.11 Å². The molecular weight excluding hydrogens is 240 g/mol. The fourth-order valence-corrected chi connectivity index (χ4v) is 2.79. The molecule has 1 saturated carbocycles. The molecule has 1 fully saturated rings. The molecule has 1 aromatic carbocycles. The van der Waals surface area contributed by atoms with Crippen LogP contribution >= 0.6 is 0 Å². The van der Waals surface area contributed by atoms with E-state index in [1.807, 2.05) is 24.3 Å². The summed E-state index contributed by atoms with van der Waals surface area (Å²) in [5.74, 6) is -1.13. The van der Waals surface area contributed by atoms with Crippen molar-refractivity contribution in [2.24, 2.45) is 11.8 Å². The molecule has 3 nitrogen and oxygen atoms in total. The van der Waals surface area contributed by atoms with Crippen LogP contribution in [-0.2, 0) is 11.2 Å². The first kappa shape index (κ1) is 13.8. The van der Waals surface area contributed by atoms with E-state index in [2.05, 4.69) is 6.92 Å². The number of ketones is 1. The molecule has 0 bridgehead atoms. The smallest absolute Gasteiger partial charge is 0.306 e. The van der Waals surface area contributed by atoms with E-state index in [1.165, 1.54) is 5.56 Å². The van der Waals surface area contributed by atoms with Crippen molar-refractivity contribution in [3.8, 4) is 0 Å². The van der Waals surface area contributed by atoms with Gasteiger partial charge in [-0.1, -0.05) is 37.6 Å². The summed E-state index contributed by atoms with van der Waals surface area (Å²) < 4.78 is 0. The maximum absolute atomic E-state index is 12.4. The number of hydrogen-bond acceptors (Lipinski definition) is 2. The van der Waals surface area contributed by atoms with Gasteiger partial charge < -0.3 is 5.11 Å². The van der Waals surface area contributed by atoms with Crippen LogP contribution in [0.1, 0.15) is 48.5 Å². The SMILES string of the molecule is CCc1ccc(C(=O)C2CCCC(C(=O)O)C2)cc1. The van der Waals surface area contributed by atoms with E-state index in [0.717, 1.165) is 19.3 Å². The Morgan fingerprint density at radius 3 is 2.37 bits per heavy atom. The third-order valence-corrected chi connectivity index (χ3v) is 4.04. The van der Waals surface area contributed by atoms with Crippen LogP contribution in [0.4, 0.5) is 0 Å². The van der Waals surface area contributed by atoms with Crippen molar-refractivity contribution >= 4 is 11.8 Å². The minimum Gasteiger partial charge on any atom is -0.481 e. The number of rotatable bonds is 4. The molecule has 0 spiro atoms. The molecule has 1 aromatic rings. The van der Waals surface area contributed by atoms with E-state index in [9.17, 15) is 9.59 Å². The number of aliphatic carboxylic acids is 1. The number of carbonyl (C=O) groups is 2. The highest BCUT2D eigenvalue weighted by molar-refractivity contribution is 5.98. The van der Waals surface area contributed by atoms with Crippen LogP contribution < -0.4 is 0 Å². The molecule has 2 unspecified atom stereocenters. The number of benzene rings is 1. The van der Waals surface area contributed by atoms with Crippen LogP contribution in [0.2, 0.25) is 0 Å². The predicted molar refractivity (Wildman–Crippen MR) is 73.2 cm³/mol. The largest absolute Gasteiger partial charge is 0.481 e. The number of aryl methyl sites for hydroxylation is 1. The Hall–Kier alpha value is -1.64. The van der Waals surface area contributed by atoms with Crippen LogP contribution in [0.15, 0.2) is 24.3 Å². The molecule has 2 rings (SSSR count). The Morgan fingerprint density at radius 1 is 1.16 bits per heavy atom. The van der Waals surface area contributed by atoms with Gasteiger partial charge in [0, 0.05) is 11.5 Å². The fourth-order valence-electron chi connectivity index (χ4n) is 2.79. The molecular formula is C16H20O3. The lowest BCUT2D eigenvalue weighted by atomic mass is 9.78. The Bertz CT molecular complexity index is 461. The minimum atomic E-state index is -0.765. The Kier molecular flexibility index (Phi) is 4.35. The summed E-state index contributed by atoms with van der Waals surface area (Å²) >= 11 is 0. The highest BCUT2D eigenvalue weighted by Crippen LogP contribution is 2.31. The summed E-state index contributed by atoms with van der Waals surface area (Å²) in [6, 6.07) is 7.69. The van der Waals surface area contributed by atoms with Gasteiger partial charge in [-0.2, -0.15) is 0 Å². The quantitative estimate of drug-likeness (QED) is 0.845. The van der Waals surface area contributed by atoms with Gasteiger partial charge in [-0.15, -0.1) is 0 Å². The first-order valence-electron chi connectivity index (χ1n) is 6.97. The zero-order chi connectivity index (χ0) is 13.8. The second kappa shape index (κ2) is 6.00. The average molecular weight is 260 g/mol. The van der Waals surface area contributed by atoms with Gasteiger partial charge in [0.15, 0.2) is 5.78 Å². The number of carboxylic acids is 1. The number of Topliss-reactive ketones (excluding diaryl/α,β-unsaturated/α-hetero) is 1.